The van der Waals surface area contributed by atoms with Crippen molar-refractivity contribution in [3.05, 3.63) is 46.6 Å². The maximum absolute atomic E-state index is 11.3. The molecule has 0 aliphatic carbocycles. The molecule has 0 saturated carbocycles. The van der Waals surface area contributed by atoms with E-state index in [1.165, 1.54) is 35.2 Å². The first-order valence-corrected chi connectivity index (χ1v) is 4.49. The molecule has 0 saturated heterocycles. The second-order valence-corrected chi connectivity index (χ2v) is 3.21. The van der Waals surface area contributed by atoms with Gasteiger partial charge in [-0.1, -0.05) is 0 Å². The fourth-order valence-corrected chi connectivity index (χ4v) is 1.42. The number of nitrogen functional groups attached to an aromatic ring is 1. The Morgan fingerprint density at radius 2 is 2.19 bits per heavy atom. The number of carboxylic acids is 1. The highest BCUT2D eigenvalue weighted by atomic mass is 16.4. The predicted molar refractivity (Wildman–Crippen MR) is 57.8 cm³/mol. The number of hydrogen-bond acceptors (Lipinski definition) is 3. The second-order valence-electron chi connectivity index (χ2n) is 3.21. The van der Waals surface area contributed by atoms with Gasteiger partial charge < -0.3 is 15.8 Å². The summed E-state index contributed by atoms with van der Waals surface area (Å²) in [5.74, 6) is -1.06. The number of nitrogens with one attached hydrogen (secondary N) is 1. The number of nitrogens with zero attached hydrogens (tertiary/aromatic N) is 1. The molecule has 0 aliphatic rings. The van der Waals surface area contributed by atoms with Crippen LogP contribution in [-0.4, -0.2) is 20.6 Å². The van der Waals surface area contributed by atoms with Crippen molar-refractivity contribution in [1.82, 2.24) is 9.55 Å². The van der Waals surface area contributed by atoms with E-state index in [1.807, 2.05) is 0 Å². The Morgan fingerprint density at radius 1 is 1.44 bits per heavy atom. The molecule has 1 aromatic heterocycles. The molecule has 1 aromatic carbocycles. The molecule has 0 fully saturated rings. The zero-order valence-corrected chi connectivity index (χ0v) is 8.18. The van der Waals surface area contributed by atoms with Crippen molar-refractivity contribution in [3.63, 3.8) is 0 Å². The van der Waals surface area contributed by atoms with Crippen molar-refractivity contribution in [3.8, 4) is 5.69 Å². The van der Waals surface area contributed by atoms with Gasteiger partial charge in [0.2, 0.25) is 0 Å². The molecule has 0 radical (unpaired) electrons. The zero-order chi connectivity index (χ0) is 11.7. The molecule has 0 atom stereocenters. The average Bonchev–Trinajstić information content (AvgIpc) is 2.64. The highest BCUT2D eigenvalue weighted by molar-refractivity contribution is 5.89. The molecule has 4 N–H and O–H groups in total. The second kappa shape index (κ2) is 3.58. The first-order chi connectivity index (χ1) is 7.59. The van der Waals surface area contributed by atoms with Crippen LogP contribution in [0.3, 0.4) is 0 Å². The number of nitrogens with two attached hydrogens (primary N) is 1. The van der Waals surface area contributed by atoms with E-state index in [4.69, 9.17) is 10.8 Å². The normalized spacial score (nSPS) is 10.2. The fraction of sp³-hybridized carbons (Fsp3) is 0. The SMILES string of the molecule is Nc1cc(C(=O)O)ccc1-n1cc[nH]c1=O. The summed E-state index contributed by atoms with van der Waals surface area (Å²) in [5, 5.41) is 8.76. The van der Waals surface area contributed by atoms with Crippen LogP contribution in [0.2, 0.25) is 0 Å². The number of anilines is 1. The van der Waals surface area contributed by atoms with Gasteiger partial charge in [0.25, 0.3) is 0 Å². The van der Waals surface area contributed by atoms with E-state index in [-0.39, 0.29) is 16.9 Å². The number of imidazole rings is 1. The Bertz CT molecular complexity index is 597. The molecular formula is C10H9N3O3. The van der Waals surface area contributed by atoms with Crippen molar-refractivity contribution in [1.29, 1.82) is 0 Å². The molecule has 2 aromatic rings. The number of benzene rings is 1. The smallest absolute Gasteiger partial charge is 0.335 e. The van der Waals surface area contributed by atoms with E-state index in [2.05, 4.69) is 4.98 Å². The fourth-order valence-electron chi connectivity index (χ4n) is 1.42. The molecule has 2 rings (SSSR count). The van der Waals surface area contributed by atoms with Gasteiger partial charge in [0.1, 0.15) is 0 Å². The monoisotopic (exact) mass is 219 g/mol. The maximum atomic E-state index is 11.3. The van der Waals surface area contributed by atoms with Gasteiger partial charge in [0.05, 0.1) is 16.9 Å². The highest BCUT2D eigenvalue weighted by Crippen LogP contribution is 2.17. The third-order valence-electron chi connectivity index (χ3n) is 2.18. The van der Waals surface area contributed by atoms with Crippen LogP contribution in [0.1, 0.15) is 10.4 Å². The topological polar surface area (TPSA) is 101 Å². The molecule has 6 nitrogen and oxygen atoms in total. The lowest BCUT2D eigenvalue weighted by Crippen LogP contribution is -2.15. The quantitative estimate of drug-likeness (QED) is 0.638. The Kier molecular flexibility index (Phi) is 2.24. The van der Waals surface area contributed by atoms with Crippen molar-refractivity contribution < 1.29 is 9.90 Å². The molecular weight excluding hydrogens is 210 g/mol. The molecule has 1 heterocycles. The van der Waals surface area contributed by atoms with Crippen molar-refractivity contribution >= 4 is 11.7 Å². The van der Waals surface area contributed by atoms with E-state index >= 15 is 0 Å². The van der Waals surface area contributed by atoms with Crippen molar-refractivity contribution in [2.24, 2.45) is 0 Å². The van der Waals surface area contributed by atoms with E-state index in [0.717, 1.165) is 0 Å². The van der Waals surface area contributed by atoms with Gasteiger partial charge in [0.15, 0.2) is 0 Å². The number of carboxylic acid groups (broad SMARTS) is 1. The lowest BCUT2D eigenvalue weighted by molar-refractivity contribution is 0.0697. The summed E-state index contributed by atoms with van der Waals surface area (Å²) < 4.78 is 1.31. The number of rotatable bonds is 2. The zero-order valence-electron chi connectivity index (χ0n) is 8.18. The number of H-pyrrole nitrogens is 1. The molecule has 0 bridgehead atoms. The molecule has 0 amide bonds. The molecule has 0 aliphatic heterocycles. The highest BCUT2D eigenvalue weighted by Gasteiger charge is 2.08. The van der Waals surface area contributed by atoms with Crippen molar-refractivity contribution in [2.75, 3.05) is 5.73 Å². The number of aromatic amines is 1. The van der Waals surface area contributed by atoms with E-state index in [9.17, 15) is 9.59 Å². The minimum atomic E-state index is -1.06. The largest absolute Gasteiger partial charge is 0.478 e. The van der Waals surface area contributed by atoms with Crippen LogP contribution in [0, 0.1) is 0 Å². The lowest BCUT2D eigenvalue weighted by Gasteiger charge is -2.06. The van der Waals surface area contributed by atoms with Crippen LogP contribution in [0.5, 0.6) is 0 Å². The summed E-state index contributed by atoms with van der Waals surface area (Å²) >= 11 is 0. The minimum absolute atomic E-state index is 0.0878. The number of carbonyl (C=O) groups is 1. The Morgan fingerprint density at radius 3 is 2.69 bits per heavy atom. The van der Waals surface area contributed by atoms with Gasteiger partial charge >= 0.3 is 11.7 Å². The molecule has 0 spiro atoms. The molecule has 0 unspecified atom stereocenters. The first-order valence-electron chi connectivity index (χ1n) is 4.49. The Hall–Kier alpha value is -2.50. The van der Waals surface area contributed by atoms with Crippen LogP contribution in [0.25, 0.3) is 5.69 Å². The van der Waals surface area contributed by atoms with Crippen LogP contribution in [0.15, 0.2) is 35.4 Å². The van der Waals surface area contributed by atoms with Gasteiger partial charge in [-0.2, -0.15) is 0 Å². The van der Waals surface area contributed by atoms with Crippen LogP contribution in [-0.2, 0) is 0 Å². The number of aromatic carboxylic acids is 1. The van der Waals surface area contributed by atoms with Gasteiger partial charge in [-0.15, -0.1) is 0 Å². The minimum Gasteiger partial charge on any atom is -0.478 e. The van der Waals surface area contributed by atoms with E-state index in [0.29, 0.717) is 5.69 Å². The van der Waals surface area contributed by atoms with Gasteiger partial charge in [-0.25, -0.2) is 9.59 Å². The average molecular weight is 219 g/mol. The summed E-state index contributed by atoms with van der Waals surface area (Å²) in [5.41, 5.74) is 6.14. The number of hydrogen-bond donors (Lipinski definition) is 3. The molecule has 6 heteroatoms. The summed E-state index contributed by atoms with van der Waals surface area (Å²) in [6.45, 7) is 0. The van der Waals surface area contributed by atoms with Crippen molar-refractivity contribution in [2.45, 2.75) is 0 Å². The van der Waals surface area contributed by atoms with Crippen LogP contribution < -0.4 is 11.4 Å². The lowest BCUT2D eigenvalue weighted by atomic mass is 10.2. The third-order valence-corrected chi connectivity index (χ3v) is 2.18. The Balaban J connectivity index is 2.57. The maximum Gasteiger partial charge on any atom is 0.335 e. The molecule has 16 heavy (non-hydrogen) atoms. The first kappa shape index (κ1) is 10.0. The van der Waals surface area contributed by atoms with E-state index in [1.54, 1.807) is 0 Å². The summed E-state index contributed by atoms with van der Waals surface area (Å²) in [6.07, 6.45) is 3.00. The standard InChI is InChI=1S/C10H9N3O3/c11-7-5-6(9(14)15)1-2-8(7)13-4-3-12-10(13)16/h1-5H,11H2,(H,12,16)(H,14,15). The summed E-state index contributed by atoms with van der Waals surface area (Å²) in [4.78, 5) is 24.5. The van der Waals surface area contributed by atoms with Gasteiger partial charge in [-0.3, -0.25) is 4.57 Å². The summed E-state index contributed by atoms with van der Waals surface area (Å²) in [7, 11) is 0. The molecule has 82 valence electrons. The van der Waals surface area contributed by atoms with E-state index < -0.39 is 5.97 Å². The Labute approximate surface area is 89.9 Å². The summed E-state index contributed by atoms with van der Waals surface area (Å²) in [6, 6.07) is 4.21. The third kappa shape index (κ3) is 1.56. The van der Waals surface area contributed by atoms with Gasteiger partial charge in [-0.05, 0) is 18.2 Å². The van der Waals surface area contributed by atoms with Gasteiger partial charge in [0, 0.05) is 12.4 Å². The predicted octanol–water partition coefficient (Wildman–Crippen LogP) is 0.446. The van der Waals surface area contributed by atoms with Crippen LogP contribution in [0.4, 0.5) is 5.69 Å². The number of aromatic nitrogens is 2. The van der Waals surface area contributed by atoms with Crippen LogP contribution >= 0.6 is 0 Å².